The summed E-state index contributed by atoms with van der Waals surface area (Å²) in [6.07, 6.45) is 1.72. The summed E-state index contributed by atoms with van der Waals surface area (Å²) in [5.74, 6) is 0. The van der Waals surface area contributed by atoms with Crippen molar-refractivity contribution in [2.24, 2.45) is 0 Å². The van der Waals surface area contributed by atoms with E-state index in [0.717, 1.165) is 11.3 Å². The second kappa shape index (κ2) is 7.11. The third kappa shape index (κ3) is 4.86. The summed E-state index contributed by atoms with van der Waals surface area (Å²) in [5.41, 5.74) is 2.13. The van der Waals surface area contributed by atoms with Crippen molar-refractivity contribution in [1.82, 2.24) is 4.98 Å². The molecule has 23 heavy (non-hydrogen) atoms. The molecular formula is C20H28NOP. The molecule has 2 nitrogen and oxygen atoms in total. The third-order valence-corrected chi connectivity index (χ3v) is 6.35. The number of pyridine rings is 1. The van der Waals surface area contributed by atoms with E-state index in [1.54, 1.807) is 0 Å². The second-order valence-electron chi connectivity index (χ2n) is 7.79. The van der Waals surface area contributed by atoms with Crippen molar-refractivity contribution in [3.8, 4) is 0 Å². The Morgan fingerprint density at radius 1 is 0.826 bits per heavy atom. The van der Waals surface area contributed by atoms with Crippen LogP contribution in [0.5, 0.6) is 0 Å². The molecule has 0 radical (unpaired) electrons. The monoisotopic (exact) mass is 329 g/mol. The maximum Gasteiger partial charge on any atom is 0.129 e. The maximum absolute atomic E-state index is 6.75. The zero-order chi connectivity index (χ0) is 17.1. The average Bonchev–Trinajstić information content (AvgIpc) is 2.47. The highest BCUT2D eigenvalue weighted by Gasteiger charge is 2.38. The molecule has 0 unspecified atom stereocenters. The summed E-state index contributed by atoms with van der Waals surface area (Å²) >= 11 is 0. The first kappa shape index (κ1) is 18.1. The van der Waals surface area contributed by atoms with Gasteiger partial charge in [0.25, 0.3) is 0 Å². The molecule has 0 saturated heterocycles. The lowest BCUT2D eigenvalue weighted by atomic mass is 10.1. The van der Waals surface area contributed by atoms with Crippen LogP contribution in [-0.2, 0) is 4.52 Å². The number of nitrogens with zero attached hydrogens (tertiary/aromatic N) is 1. The molecule has 0 aliphatic carbocycles. The molecule has 0 N–H and O–H groups in total. The van der Waals surface area contributed by atoms with Gasteiger partial charge >= 0.3 is 0 Å². The summed E-state index contributed by atoms with van der Waals surface area (Å²) in [4.78, 5) is 4.56. The molecule has 0 fully saturated rings. The van der Waals surface area contributed by atoms with Gasteiger partial charge in [-0.05, 0) is 17.7 Å². The predicted molar refractivity (Wildman–Crippen MR) is 100 cm³/mol. The van der Waals surface area contributed by atoms with Gasteiger partial charge in [0.2, 0.25) is 0 Å². The van der Waals surface area contributed by atoms with Gasteiger partial charge in [-0.2, -0.15) is 0 Å². The summed E-state index contributed by atoms with van der Waals surface area (Å²) < 4.78 is 6.75. The Bertz CT molecular complexity index is 546. The van der Waals surface area contributed by atoms with Crippen LogP contribution in [0.15, 0.2) is 54.7 Å². The van der Waals surface area contributed by atoms with Crippen LogP contribution in [0.4, 0.5) is 0 Å². The van der Waals surface area contributed by atoms with Crippen molar-refractivity contribution in [3.05, 3.63) is 66.0 Å². The molecule has 0 amide bonds. The van der Waals surface area contributed by atoms with E-state index in [9.17, 15) is 0 Å². The van der Waals surface area contributed by atoms with E-state index in [0.29, 0.717) is 0 Å². The van der Waals surface area contributed by atoms with Crippen molar-refractivity contribution in [1.29, 1.82) is 0 Å². The molecule has 1 aromatic heterocycles. The van der Waals surface area contributed by atoms with Gasteiger partial charge in [-0.1, -0.05) is 77.9 Å². The van der Waals surface area contributed by atoms with Crippen LogP contribution >= 0.6 is 8.15 Å². The van der Waals surface area contributed by atoms with Crippen molar-refractivity contribution in [3.63, 3.8) is 0 Å². The lowest BCUT2D eigenvalue weighted by Crippen LogP contribution is -2.27. The zero-order valence-corrected chi connectivity index (χ0v) is 16.0. The molecule has 0 bridgehead atoms. The fourth-order valence-electron chi connectivity index (χ4n) is 2.87. The minimum atomic E-state index is -0.669. The lowest BCUT2D eigenvalue weighted by molar-refractivity contribution is 0.254. The SMILES string of the molecule is CC(C)(C)P(O[C@H](c1ccccc1)c1ccccn1)C(C)(C)C. The molecule has 1 atom stereocenters. The smallest absolute Gasteiger partial charge is 0.129 e. The second-order valence-corrected chi connectivity index (χ2v) is 11.3. The summed E-state index contributed by atoms with van der Waals surface area (Å²) in [6.45, 7) is 13.6. The Balaban J connectivity index is 2.42. The van der Waals surface area contributed by atoms with Gasteiger partial charge in [-0.25, -0.2) is 0 Å². The molecule has 2 aromatic rings. The number of benzene rings is 1. The fraction of sp³-hybridized carbons (Fsp3) is 0.450. The van der Waals surface area contributed by atoms with E-state index in [-0.39, 0.29) is 16.4 Å². The van der Waals surface area contributed by atoms with E-state index in [2.05, 4.69) is 76.9 Å². The Morgan fingerprint density at radius 2 is 1.39 bits per heavy atom. The van der Waals surface area contributed by atoms with Gasteiger partial charge in [0, 0.05) is 24.7 Å². The van der Waals surface area contributed by atoms with Crippen LogP contribution in [0.25, 0.3) is 0 Å². The molecule has 1 aromatic carbocycles. The van der Waals surface area contributed by atoms with Crippen LogP contribution in [0, 0.1) is 0 Å². The normalized spacial score (nSPS) is 14.0. The van der Waals surface area contributed by atoms with E-state index in [1.807, 2.05) is 24.4 Å². The Labute approximate surface area is 142 Å². The minimum absolute atomic E-state index is 0.107. The number of rotatable bonds is 4. The standard InChI is InChI=1S/C20H28NOP/c1-19(2,3)23(20(4,5)6)22-18(16-12-8-7-9-13-16)17-14-10-11-15-21-17/h7-15,18H,1-6H3/t18-/m1/s1. The highest BCUT2D eigenvalue weighted by molar-refractivity contribution is 7.55. The zero-order valence-electron chi connectivity index (χ0n) is 15.1. The molecule has 1 heterocycles. The Morgan fingerprint density at radius 3 is 1.87 bits per heavy atom. The molecule has 3 heteroatoms. The predicted octanol–water partition coefficient (Wildman–Crippen LogP) is 6.18. The van der Waals surface area contributed by atoms with E-state index >= 15 is 0 Å². The van der Waals surface area contributed by atoms with E-state index in [1.165, 1.54) is 0 Å². The van der Waals surface area contributed by atoms with Crippen LogP contribution < -0.4 is 0 Å². The van der Waals surface area contributed by atoms with Crippen molar-refractivity contribution < 1.29 is 4.52 Å². The number of hydrogen-bond donors (Lipinski definition) is 0. The van der Waals surface area contributed by atoms with E-state index in [4.69, 9.17) is 4.52 Å². The van der Waals surface area contributed by atoms with Gasteiger partial charge in [-0.3, -0.25) is 4.98 Å². The van der Waals surface area contributed by atoms with Crippen LogP contribution in [0.1, 0.15) is 58.9 Å². The van der Waals surface area contributed by atoms with Crippen LogP contribution in [0.3, 0.4) is 0 Å². The quantitative estimate of drug-likeness (QED) is 0.625. The van der Waals surface area contributed by atoms with Crippen LogP contribution in [-0.4, -0.2) is 15.3 Å². The topological polar surface area (TPSA) is 22.1 Å². The van der Waals surface area contributed by atoms with Crippen molar-refractivity contribution in [2.75, 3.05) is 0 Å². The largest absolute Gasteiger partial charge is 0.344 e. The van der Waals surface area contributed by atoms with Gasteiger partial charge in [0.1, 0.15) is 6.10 Å². The average molecular weight is 329 g/mol. The Kier molecular flexibility index (Phi) is 5.60. The van der Waals surface area contributed by atoms with Gasteiger partial charge < -0.3 is 4.52 Å². The highest BCUT2D eigenvalue weighted by atomic mass is 31.1. The summed E-state index contributed by atoms with van der Waals surface area (Å²) in [7, 11) is -0.669. The van der Waals surface area contributed by atoms with Gasteiger partial charge in [-0.15, -0.1) is 0 Å². The first-order valence-corrected chi connectivity index (χ1v) is 9.38. The third-order valence-electron chi connectivity index (χ3n) is 3.49. The Hall–Kier alpha value is -1.24. The number of hydrogen-bond acceptors (Lipinski definition) is 2. The van der Waals surface area contributed by atoms with Crippen LogP contribution in [0.2, 0.25) is 0 Å². The fourth-order valence-corrected chi connectivity index (χ4v) is 5.96. The first-order chi connectivity index (χ1) is 10.7. The minimum Gasteiger partial charge on any atom is -0.344 e. The molecule has 2 rings (SSSR count). The summed E-state index contributed by atoms with van der Waals surface area (Å²) in [6, 6.07) is 16.4. The van der Waals surface area contributed by atoms with E-state index < -0.39 is 8.15 Å². The molecule has 0 aliphatic rings. The highest BCUT2D eigenvalue weighted by Crippen LogP contribution is 2.62. The van der Waals surface area contributed by atoms with Gasteiger partial charge in [0.05, 0.1) is 5.69 Å². The lowest BCUT2D eigenvalue weighted by Gasteiger charge is -2.42. The maximum atomic E-state index is 6.75. The molecular weight excluding hydrogens is 301 g/mol. The van der Waals surface area contributed by atoms with Crippen molar-refractivity contribution >= 4 is 8.15 Å². The first-order valence-electron chi connectivity index (χ1n) is 8.12. The molecule has 0 spiro atoms. The molecule has 124 valence electrons. The molecule has 0 aliphatic heterocycles. The van der Waals surface area contributed by atoms with Crippen molar-refractivity contribution in [2.45, 2.75) is 58.0 Å². The van der Waals surface area contributed by atoms with Gasteiger partial charge in [0.15, 0.2) is 0 Å². The summed E-state index contributed by atoms with van der Waals surface area (Å²) in [5, 5.41) is 0.213. The number of aromatic nitrogens is 1. The molecule has 0 saturated carbocycles.